The van der Waals surface area contributed by atoms with Gasteiger partial charge in [-0.05, 0) is 120 Å². The standard InChI is InChI=1S/C55H45N5/c1-11-36-16-6-26-56-51(36)46(21-1)41-31-42(47-22-2-12-37-17-7-27-57-52(37)47)33-44(49-24-4-14-39-19-9-29-59-54(39)49)35-45(50-25-5-15-40-20-10-30-60-55(40)50)34-43(32-41)48-23-3-13-38-18-8-28-58-53(38)48/h1-30,41-45H,31-35H2. The molecule has 0 bridgehead atoms. The molecule has 0 unspecified atom stereocenters. The van der Waals surface area contributed by atoms with Crippen LogP contribution in [0.5, 0.6) is 0 Å². The fourth-order valence-corrected chi connectivity index (χ4v) is 10.8. The summed E-state index contributed by atoms with van der Waals surface area (Å²) in [4.78, 5) is 25.5. The SMILES string of the molecule is c1cnc2c(C3CC(c4cccc5cccnc45)CC(c4cccc5cccnc45)CC(c4cccc5cccnc45)CC(c4cccc5cccnc45)C3)cccc2c1. The molecule has 1 aliphatic carbocycles. The van der Waals surface area contributed by atoms with Crippen LogP contribution in [0.2, 0.25) is 0 Å². The number of rotatable bonds is 5. The number of aromatic nitrogens is 5. The largest absolute Gasteiger partial charge is 0.256 e. The molecule has 5 aromatic carbocycles. The van der Waals surface area contributed by atoms with E-state index in [1.165, 1.54) is 54.7 Å². The van der Waals surface area contributed by atoms with Crippen molar-refractivity contribution in [1.29, 1.82) is 0 Å². The Morgan fingerprint density at radius 2 is 0.417 bits per heavy atom. The van der Waals surface area contributed by atoms with E-state index in [0.717, 1.165) is 59.7 Å². The van der Waals surface area contributed by atoms with E-state index < -0.39 is 0 Å². The zero-order valence-corrected chi connectivity index (χ0v) is 33.5. The Labute approximate surface area is 350 Å². The van der Waals surface area contributed by atoms with Crippen LogP contribution in [-0.4, -0.2) is 24.9 Å². The van der Waals surface area contributed by atoms with Crippen LogP contribution in [0.3, 0.4) is 0 Å². The fraction of sp³-hybridized carbons (Fsp3) is 0.182. The van der Waals surface area contributed by atoms with Crippen molar-refractivity contribution in [3.8, 4) is 0 Å². The van der Waals surface area contributed by atoms with Gasteiger partial charge >= 0.3 is 0 Å². The molecule has 0 radical (unpaired) electrons. The first-order valence-electron chi connectivity index (χ1n) is 21.4. The van der Waals surface area contributed by atoms with E-state index in [9.17, 15) is 0 Å². The van der Waals surface area contributed by atoms with Gasteiger partial charge in [0.05, 0.1) is 27.6 Å². The first-order chi connectivity index (χ1) is 29.7. The van der Waals surface area contributed by atoms with Crippen LogP contribution in [0, 0.1) is 0 Å². The fourth-order valence-electron chi connectivity index (χ4n) is 10.8. The quantitative estimate of drug-likeness (QED) is 0.174. The molecule has 60 heavy (non-hydrogen) atoms. The Morgan fingerprint density at radius 1 is 0.233 bits per heavy atom. The Balaban J connectivity index is 1.19. The van der Waals surface area contributed by atoms with Crippen LogP contribution < -0.4 is 0 Å². The summed E-state index contributed by atoms with van der Waals surface area (Å²) in [6.45, 7) is 0. The van der Waals surface area contributed by atoms with Crippen LogP contribution in [0.4, 0.5) is 0 Å². The summed E-state index contributed by atoms with van der Waals surface area (Å²) >= 11 is 0. The highest BCUT2D eigenvalue weighted by Gasteiger charge is 2.35. The van der Waals surface area contributed by atoms with Crippen molar-refractivity contribution in [3.63, 3.8) is 0 Å². The Morgan fingerprint density at radius 3 is 0.617 bits per heavy atom. The molecular weight excluding hydrogens is 731 g/mol. The van der Waals surface area contributed by atoms with Gasteiger partial charge in [-0.15, -0.1) is 0 Å². The summed E-state index contributed by atoms with van der Waals surface area (Å²) in [5.74, 6) is 0.936. The molecule has 0 atom stereocenters. The second-order valence-electron chi connectivity index (χ2n) is 16.8. The molecule has 1 aliphatic rings. The van der Waals surface area contributed by atoms with E-state index >= 15 is 0 Å². The third kappa shape index (κ3) is 6.74. The minimum absolute atomic E-state index is 0.187. The molecular formula is C55H45N5. The number of benzene rings is 5. The molecule has 1 saturated carbocycles. The van der Waals surface area contributed by atoms with Crippen molar-refractivity contribution in [2.45, 2.75) is 61.7 Å². The molecule has 11 rings (SSSR count). The monoisotopic (exact) mass is 775 g/mol. The van der Waals surface area contributed by atoms with E-state index in [4.69, 9.17) is 24.9 Å². The first kappa shape index (κ1) is 36.2. The van der Waals surface area contributed by atoms with Crippen molar-refractivity contribution >= 4 is 54.5 Å². The average molecular weight is 776 g/mol. The number of hydrogen-bond donors (Lipinski definition) is 0. The van der Waals surface area contributed by atoms with Gasteiger partial charge in [0, 0.05) is 57.9 Å². The van der Waals surface area contributed by atoms with Gasteiger partial charge in [0.25, 0.3) is 0 Å². The minimum Gasteiger partial charge on any atom is -0.256 e. The molecule has 0 amide bonds. The van der Waals surface area contributed by atoms with E-state index in [2.05, 4.69) is 152 Å². The molecule has 5 nitrogen and oxygen atoms in total. The van der Waals surface area contributed by atoms with E-state index in [1.807, 2.05) is 31.0 Å². The molecule has 5 heterocycles. The molecule has 0 spiro atoms. The summed E-state index contributed by atoms with van der Waals surface area (Å²) < 4.78 is 0. The lowest BCUT2D eigenvalue weighted by molar-refractivity contribution is 0.354. The number of hydrogen-bond acceptors (Lipinski definition) is 5. The normalized spacial score (nSPS) is 20.2. The highest BCUT2D eigenvalue weighted by atomic mass is 14.7. The summed E-state index contributed by atoms with van der Waals surface area (Å²) in [7, 11) is 0. The summed E-state index contributed by atoms with van der Waals surface area (Å²) in [5.41, 5.74) is 12.1. The predicted octanol–water partition coefficient (Wildman–Crippen LogP) is 13.6. The minimum atomic E-state index is 0.187. The van der Waals surface area contributed by atoms with Crippen LogP contribution >= 0.6 is 0 Å². The smallest absolute Gasteiger partial charge is 0.0736 e. The average Bonchev–Trinajstić information content (AvgIpc) is 3.31. The zero-order chi connectivity index (χ0) is 39.8. The van der Waals surface area contributed by atoms with Gasteiger partial charge < -0.3 is 0 Å². The third-order valence-corrected chi connectivity index (χ3v) is 13.4. The van der Waals surface area contributed by atoms with Gasteiger partial charge in [-0.2, -0.15) is 0 Å². The van der Waals surface area contributed by atoms with Gasteiger partial charge in [-0.25, -0.2) is 0 Å². The molecule has 0 N–H and O–H groups in total. The number of pyridine rings is 5. The van der Waals surface area contributed by atoms with Crippen molar-refractivity contribution in [1.82, 2.24) is 24.9 Å². The second kappa shape index (κ2) is 15.7. The van der Waals surface area contributed by atoms with E-state index in [1.54, 1.807) is 0 Å². The van der Waals surface area contributed by atoms with Crippen LogP contribution in [-0.2, 0) is 0 Å². The summed E-state index contributed by atoms with van der Waals surface area (Å²) in [5, 5.41) is 5.89. The lowest BCUT2D eigenvalue weighted by atomic mass is 9.68. The summed E-state index contributed by atoms with van der Waals surface area (Å²) in [6, 6.07) is 55.2. The number of para-hydroxylation sites is 5. The van der Waals surface area contributed by atoms with Gasteiger partial charge in [-0.1, -0.05) is 121 Å². The lowest BCUT2D eigenvalue weighted by Crippen LogP contribution is -2.21. The van der Waals surface area contributed by atoms with Crippen LogP contribution in [0.25, 0.3) is 54.5 Å². The Bertz CT molecular complexity index is 2630. The Kier molecular flexibility index (Phi) is 9.50. The van der Waals surface area contributed by atoms with Crippen molar-refractivity contribution < 1.29 is 0 Å². The number of fused-ring (bicyclic) bond motifs is 5. The van der Waals surface area contributed by atoms with E-state index in [-0.39, 0.29) is 29.6 Å². The Hall–Kier alpha value is -6.85. The molecule has 1 fully saturated rings. The van der Waals surface area contributed by atoms with Crippen molar-refractivity contribution in [2.75, 3.05) is 0 Å². The first-order valence-corrected chi connectivity index (χ1v) is 21.4. The molecule has 10 aromatic rings. The number of nitrogens with zero attached hydrogens (tertiary/aromatic N) is 5. The molecule has 5 heteroatoms. The van der Waals surface area contributed by atoms with Gasteiger partial charge in [0.2, 0.25) is 0 Å². The molecule has 290 valence electrons. The zero-order valence-electron chi connectivity index (χ0n) is 33.5. The summed E-state index contributed by atoms with van der Waals surface area (Å²) in [6.07, 6.45) is 14.5. The lowest BCUT2D eigenvalue weighted by Gasteiger charge is -2.36. The predicted molar refractivity (Wildman–Crippen MR) is 246 cm³/mol. The van der Waals surface area contributed by atoms with Crippen LogP contribution in [0.1, 0.15) is 89.5 Å². The third-order valence-electron chi connectivity index (χ3n) is 13.4. The van der Waals surface area contributed by atoms with Crippen molar-refractivity contribution in [3.05, 3.63) is 210 Å². The van der Waals surface area contributed by atoms with Gasteiger partial charge in [0.15, 0.2) is 0 Å². The van der Waals surface area contributed by atoms with Gasteiger partial charge in [0.1, 0.15) is 0 Å². The molecule has 0 aliphatic heterocycles. The van der Waals surface area contributed by atoms with Crippen LogP contribution in [0.15, 0.2) is 183 Å². The highest BCUT2D eigenvalue weighted by Crippen LogP contribution is 2.51. The molecule has 5 aromatic heterocycles. The van der Waals surface area contributed by atoms with Crippen molar-refractivity contribution in [2.24, 2.45) is 0 Å². The maximum absolute atomic E-state index is 5.10. The van der Waals surface area contributed by atoms with Gasteiger partial charge in [-0.3, -0.25) is 24.9 Å². The topological polar surface area (TPSA) is 64.5 Å². The maximum atomic E-state index is 5.10. The molecule has 0 saturated heterocycles. The maximum Gasteiger partial charge on any atom is 0.0736 e. The van der Waals surface area contributed by atoms with E-state index in [0.29, 0.717) is 0 Å². The highest BCUT2D eigenvalue weighted by molar-refractivity contribution is 5.86. The second-order valence-corrected chi connectivity index (χ2v) is 16.8.